The maximum absolute atomic E-state index is 12.0. The van der Waals surface area contributed by atoms with Crippen molar-refractivity contribution in [2.75, 3.05) is 0 Å². The Labute approximate surface area is 217 Å². The summed E-state index contributed by atoms with van der Waals surface area (Å²) < 4.78 is 18.1. The Bertz CT molecular complexity index is 974. The zero-order chi connectivity index (χ0) is 25.6. The number of fused-ring (bicyclic) bond motifs is 4. The third-order valence-corrected chi connectivity index (χ3v) is 14.2. The van der Waals surface area contributed by atoms with Crippen LogP contribution in [0.15, 0.2) is 0 Å². The van der Waals surface area contributed by atoms with E-state index in [4.69, 9.17) is 14.2 Å². The maximum Gasteiger partial charge on any atom is 0.509 e. The van der Waals surface area contributed by atoms with Crippen LogP contribution in [-0.2, 0) is 14.2 Å². The van der Waals surface area contributed by atoms with Crippen molar-refractivity contribution in [1.82, 2.24) is 0 Å². The van der Waals surface area contributed by atoms with E-state index in [0.717, 1.165) is 37.0 Å². The van der Waals surface area contributed by atoms with Crippen molar-refractivity contribution in [2.24, 2.45) is 57.2 Å². The molecule has 2 aliphatic heterocycles. The SMILES string of the molecule is C[C@@H]1C[C@H]([C@@H]2OC(=O)OC2(C)C)OC2CC3C4CCC5C(C)(C)[C@@H](O)CC[C@@]56[C@@H](C)[C@@]46CC[C@]3(C)C21. The molecule has 0 aromatic rings. The molecule has 7 rings (SSSR count). The first-order valence-electron chi connectivity index (χ1n) is 15.0. The van der Waals surface area contributed by atoms with Gasteiger partial charge in [-0.2, -0.15) is 0 Å². The van der Waals surface area contributed by atoms with Crippen molar-refractivity contribution in [3.05, 3.63) is 0 Å². The summed E-state index contributed by atoms with van der Waals surface area (Å²) in [6, 6.07) is 0. The molecular formula is C31H48O5. The first kappa shape index (κ1) is 24.2. The molecule has 202 valence electrons. The maximum atomic E-state index is 12.0. The van der Waals surface area contributed by atoms with E-state index in [0.29, 0.717) is 34.0 Å². The fourth-order valence-corrected chi connectivity index (χ4v) is 12.9. The van der Waals surface area contributed by atoms with Gasteiger partial charge in [-0.25, -0.2) is 4.79 Å². The standard InChI is InChI=1S/C31H48O5/c1-16-14-21(25-28(5,6)36-26(33)35-25)34-20-15-19-18-8-9-22-27(3,4)23(32)10-11-31(22)17(2)30(18,31)13-12-29(19,7)24(16)20/h16-25,32H,8-15H2,1-7H3/t16-,17+,18?,19?,20?,21-,22?,23+,24?,25+,29+,30+,31-/m1/s1. The average Bonchev–Trinajstić information content (AvgIpc) is 3.00. The molecule has 0 amide bonds. The van der Waals surface area contributed by atoms with E-state index in [9.17, 15) is 9.90 Å². The van der Waals surface area contributed by atoms with Gasteiger partial charge in [0.2, 0.25) is 0 Å². The van der Waals surface area contributed by atoms with Gasteiger partial charge in [0.05, 0.1) is 18.3 Å². The molecule has 5 unspecified atom stereocenters. The average molecular weight is 501 g/mol. The summed E-state index contributed by atoms with van der Waals surface area (Å²) in [5.74, 6) is 4.09. The second kappa shape index (κ2) is 7.03. The Kier molecular flexibility index (Phi) is 4.74. The third-order valence-electron chi connectivity index (χ3n) is 14.2. The van der Waals surface area contributed by atoms with Gasteiger partial charge in [0.1, 0.15) is 5.60 Å². The van der Waals surface area contributed by atoms with Crippen LogP contribution < -0.4 is 0 Å². The lowest BCUT2D eigenvalue weighted by Crippen LogP contribution is -2.55. The number of aliphatic hydroxyl groups is 1. The lowest BCUT2D eigenvalue weighted by atomic mass is 9.46. The fraction of sp³-hybridized carbons (Fsp3) is 0.968. The van der Waals surface area contributed by atoms with E-state index < -0.39 is 11.8 Å². The Morgan fingerprint density at radius 3 is 2.31 bits per heavy atom. The number of rotatable bonds is 1. The molecule has 0 aromatic carbocycles. The number of carbonyl (C=O) groups is 1. The number of hydrogen-bond acceptors (Lipinski definition) is 5. The quantitative estimate of drug-likeness (QED) is 0.425. The predicted molar refractivity (Wildman–Crippen MR) is 136 cm³/mol. The molecule has 5 nitrogen and oxygen atoms in total. The Morgan fingerprint density at radius 2 is 1.61 bits per heavy atom. The summed E-state index contributed by atoms with van der Waals surface area (Å²) in [6.45, 7) is 16.2. The van der Waals surface area contributed by atoms with Crippen molar-refractivity contribution < 1.29 is 24.1 Å². The molecule has 7 aliphatic rings. The van der Waals surface area contributed by atoms with E-state index in [1.807, 2.05) is 13.8 Å². The topological polar surface area (TPSA) is 65.0 Å². The minimum Gasteiger partial charge on any atom is -0.424 e. The molecule has 0 aromatic heterocycles. The van der Waals surface area contributed by atoms with Crippen LogP contribution in [0, 0.1) is 57.2 Å². The van der Waals surface area contributed by atoms with Crippen LogP contribution in [-0.4, -0.2) is 41.3 Å². The second-order valence-electron chi connectivity index (χ2n) is 15.7. The lowest BCUT2D eigenvalue weighted by molar-refractivity contribution is -0.165. The van der Waals surface area contributed by atoms with Gasteiger partial charge in [0, 0.05) is 0 Å². The highest BCUT2D eigenvalue weighted by molar-refractivity contribution is 5.63. The van der Waals surface area contributed by atoms with Crippen LogP contribution in [0.5, 0.6) is 0 Å². The van der Waals surface area contributed by atoms with Gasteiger partial charge in [-0.3, -0.25) is 0 Å². The Balaban J connectivity index is 1.19. The van der Waals surface area contributed by atoms with E-state index in [1.54, 1.807) is 0 Å². The van der Waals surface area contributed by atoms with Crippen LogP contribution in [0.25, 0.3) is 0 Å². The highest BCUT2D eigenvalue weighted by atomic mass is 16.8. The van der Waals surface area contributed by atoms with Gasteiger partial charge in [-0.15, -0.1) is 0 Å². The highest BCUT2D eigenvalue weighted by Gasteiger charge is 2.84. The van der Waals surface area contributed by atoms with Crippen LogP contribution in [0.3, 0.4) is 0 Å². The van der Waals surface area contributed by atoms with Gasteiger partial charge in [0.15, 0.2) is 6.10 Å². The van der Waals surface area contributed by atoms with Crippen molar-refractivity contribution in [1.29, 1.82) is 0 Å². The highest BCUT2D eigenvalue weighted by Crippen LogP contribution is 2.89. The normalized spacial score (nSPS) is 59.9. The number of ether oxygens (including phenoxy) is 3. The van der Waals surface area contributed by atoms with Gasteiger partial charge < -0.3 is 19.3 Å². The summed E-state index contributed by atoms with van der Waals surface area (Å²) in [5, 5.41) is 11.0. The van der Waals surface area contributed by atoms with Crippen LogP contribution in [0.2, 0.25) is 0 Å². The zero-order valence-electron chi connectivity index (χ0n) is 23.5. The number of cyclic esters (lactones) is 2. The molecule has 36 heavy (non-hydrogen) atoms. The van der Waals surface area contributed by atoms with Gasteiger partial charge in [-0.05, 0) is 122 Å². The van der Waals surface area contributed by atoms with E-state index in [-0.39, 0.29) is 29.8 Å². The van der Waals surface area contributed by atoms with Crippen molar-refractivity contribution in [3.8, 4) is 0 Å². The van der Waals surface area contributed by atoms with Crippen molar-refractivity contribution in [2.45, 2.75) is 130 Å². The first-order valence-corrected chi connectivity index (χ1v) is 15.0. The molecule has 0 radical (unpaired) electrons. The molecule has 5 saturated carbocycles. The lowest BCUT2D eigenvalue weighted by Gasteiger charge is -2.59. The zero-order valence-corrected chi connectivity index (χ0v) is 23.5. The van der Waals surface area contributed by atoms with Crippen LogP contribution in [0.4, 0.5) is 4.79 Å². The first-order chi connectivity index (χ1) is 16.8. The Morgan fingerprint density at radius 1 is 0.861 bits per heavy atom. The minimum atomic E-state index is -0.639. The van der Waals surface area contributed by atoms with E-state index in [1.165, 1.54) is 32.1 Å². The molecular weight excluding hydrogens is 452 g/mol. The second-order valence-corrected chi connectivity index (χ2v) is 15.7. The summed E-state index contributed by atoms with van der Waals surface area (Å²) in [5.41, 5.74) is 0.653. The van der Waals surface area contributed by atoms with Crippen LogP contribution >= 0.6 is 0 Å². The van der Waals surface area contributed by atoms with Gasteiger partial charge in [0.25, 0.3) is 0 Å². The third kappa shape index (κ3) is 2.59. The molecule has 0 bridgehead atoms. The summed E-state index contributed by atoms with van der Waals surface area (Å²) in [4.78, 5) is 12.0. The molecule has 2 heterocycles. The number of carbonyl (C=O) groups excluding carboxylic acids is 1. The van der Waals surface area contributed by atoms with E-state index >= 15 is 0 Å². The van der Waals surface area contributed by atoms with Gasteiger partial charge in [-0.1, -0.05) is 34.6 Å². The smallest absolute Gasteiger partial charge is 0.424 e. The largest absolute Gasteiger partial charge is 0.509 e. The number of aliphatic hydroxyl groups excluding tert-OH is 1. The summed E-state index contributed by atoms with van der Waals surface area (Å²) in [6.07, 6.45) is 8.76. The molecule has 7 fully saturated rings. The summed E-state index contributed by atoms with van der Waals surface area (Å²) >= 11 is 0. The molecule has 1 N–H and O–H groups in total. The fourth-order valence-electron chi connectivity index (χ4n) is 12.9. The van der Waals surface area contributed by atoms with Crippen LogP contribution in [0.1, 0.15) is 99.8 Å². The van der Waals surface area contributed by atoms with Crippen molar-refractivity contribution >= 4 is 6.16 Å². The Hall–Kier alpha value is -0.810. The summed E-state index contributed by atoms with van der Waals surface area (Å²) in [7, 11) is 0. The van der Waals surface area contributed by atoms with E-state index in [2.05, 4.69) is 34.6 Å². The minimum absolute atomic E-state index is 0.0316. The van der Waals surface area contributed by atoms with Crippen molar-refractivity contribution in [3.63, 3.8) is 0 Å². The number of hydrogen-bond donors (Lipinski definition) is 1. The predicted octanol–water partition coefficient (Wildman–Crippen LogP) is 6.36. The van der Waals surface area contributed by atoms with Gasteiger partial charge >= 0.3 is 6.16 Å². The molecule has 5 heteroatoms. The molecule has 5 aliphatic carbocycles. The monoisotopic (exact) mass is 500 g/mol. The molecule has 2 saturated heterocycles. The molecule has 2 spiro atoms. The molecule has 13 atom stereocenters.